The molecule has 5 rings (SSSR count). The molecule has 1 N–H and O–H groups in total. The second kappa shape index (κ2) is 12.9. The molecule has 1 aromatic heterocycles. The molecule has 8 heteroatoms. The van der Waals surface area contributed by atoms with Crippen LogP contribution in [-0.4, -0.2) is 70.9 Å². The summed E-state index contributed by atoms with van der Waals surface area (Å²) in [7, 11) is 0. The lowest BCUT2D eigenvalue weighted by Gasteiger charge is -2.36. The van der Waals surface area contributed by atoms with Crippen LogP contribution < -0.4 is 5.32 Å². The van der Waals surface area contributed by atoms with E-state index < -0.39 is 0 Å². The summed E-state index contributed by atoms with van der Waals surface area (Å²) in [6.45, 7) is 11.2. The summed E-state index contributed by atoms with van der Waals surface area (Å²) in [5.41, 5.74) is 5.18. The topological polar surface area (TPSA) is 75.5 Å². The van der Waals surface area contributed by atoms with Gasteiger partial charge in [0.2, 0.25) is 0 Å². The number of nitriles is 1. The molecule has 7 nitrogen and oxygen atoms in total. The minimum atomic E-state index is -0.210. The smallest absolute Gasteiger partial charge is 0.253 e. The number of carbonyl (C=O) groups is 1. The quantitative estimate of drug-likeness (QED) is 0.462. The van der Waals surface area contributed by atoms with Gasteiger partial charge in [-0.2, -0.15) is 5.26 Å². The van der Waals surface area contributed by atoms with Crippen LogP contribution in [0.4, 0.5) is 4.39 Å². The van der Waals surface area contributed by atoms with Gasteiger partial charge in [-0.1, -0.05) is 30.8 Å². The molecule has 0 atom stereocenters. The zero-order valence-corrected chi connectivity index (χ0v) is 22.7. The van der Waals surface area contributed by atoms with E-state index in [2.05, 4.69) is 37.6 Å². The van der Waals surface area contributed by atoms with E-state index in [-0.39, 0.29) is 17.8 Å². The van der Waals surface area contributed by atoms with Gasteiger partial charge in [-0.15, -0.1) is 0 Å². The third-order valence-electron chi connectivity index (χ3n) is 7.81. The SMILES string of the molecule is C=C(c1ccc(C(=O)NC2CCN(Cc3ccc(C#N)cc3)CC2)cn1)N1CCN(Cc2ccc(F)cc2)CC1. The maximum absolute atomic E-state index is 13.2. The molecule has 0 saturated carbocycles. The van der Waals surface area contributed by atoms with E-state index in [4.69, 9.17) is 5.26 Å². The van der Waals surface area contributed by atoms with Crippen molar-refractivity contribution in [2.75, 3.05) is 39.3 Å². The van der Waals surface area contributed by atoms with Crippen molar-refractivity contribution in [1.82, 2.24) is 25.0 Å². The second-order valence-electron chi connectivity index (χ2n) is 10.6. The molecule has 40 heavy (non-hydrogen) atoms. The van der Waals surface area contributed by atoms with E-state index in [0.717, 1.165) is 82.2 Å². The van der Waals surface area contributed by atoms with Crippen LogP contribution in [0.25, 0.3) is 5.70 Å². The Morgan fingerprint density at radius 3 is 2.08 bits per heavy atom. The van der Waals surface area contributed by atoms with Crippen LogP contribution in [0.1, 0.15) is 45.6 Å². The molecule has 0 spiro atoms. The number of carbonyl (C=O) groups excluding carboxylic acids is 1. The number of aromatic nitrogens is 1. The second-order valence-corrected chi connectivity index (χ2v) is 10.6. The van der Waals surface area contributed by atoms with Crippen LogP contribution in [-0.2, 0) is 13.1 Å². The Morgan fingerprint density at radius 2 is 1.50 bits per heavy atom. The first-order valence-electron chi connectivity index (χ1n) is 13.9. The Morgan fingerprint density at radius 1 is 0.900 bits per heavy atom. The van der Waals surface area contributed by atoms with Crippen molar-refractivity contribution >= 4 is 11.6 Å². The Balaban J connectivity index is 1.05. The van der Waals surface area contributed by atoms with Crippen molar-refractivity contribution in [3.63, 3.8) is 0 Å². The average Bonchev–Trinajstić information content (AvgIpc) is 3.00. The van der Waals surface area contributed by atoms with Crippen LogP contribution in [0.3, 0.4) is 0 Å². The molecule has 2 fully saturated rings. The monoisotopic (exact) mass is 538 g/mol. The first kappa shape index (κ1) is 27.5. The van der Waals surface area contributed by atoms with Gasteiger partial charge in [0.05, 0.1) is 28.6 Å². The summed E-state index contributed by atoms with van der Waals surface area (Å²) >= 11 is 0. The van der Waals surface area contributed by atoms with Crippen LogP contribution in [0.15, 0.2) is 73.4 Å². The van der Waals surface area contributed by atoms with E-state index >= 15 is 0 Å². The van der Waals surface area contributed by atoms with E-state index in [1.165, 1.54) is 17.7 Å². The number of nitrogens with one attached hydrogen (secondary N) is 1. The van der Waals surface area contributed by atoms with E-state index in [0.29, 0.717) is 11.1 Å². The highest BCUT2D eigenvalue weighted by Crippen LogP contribution is 2.20. The molecular weight excluding hydrogens is 503 g/mol. The van der Waals surface area contributed by atoms with Gasteiger partial charge < -0.3 is 10.2 Å². The zero-order chi connectivity index (χ0) is 27.9. The molecule has 0 radical (unpaired) electrons. The van der Waals surface area contributed by atoms with E-state index in [1.54, 1.807) is 6.20 Å². The zero-order valence-electron chi connectivity index (χ0n) is 22.7. The molecule has 0 aliphatic carbocycles. The van der Waals surface area contributed by atoms with Crippen molar-refractivity contribution in [1.29, 1.82) is 5.26 Å². The Bertz CT molecular complexity index is 1330. The number of piperidine rings is 1. The lowest BCUT2D eigenvalue weighted by Crippen LogP contribution is -2.45. The summed E-state index contributed by atoms with van der Waals surface area (Å²) < 4.78 is 13.2. The predicted molar refractivity (Wildman–Crippen MR) is 153 cm³/mol. The van der Waals surface area contributed by atoms with Gasteiger partial charge >= 0.3 is 0 Å². The predicted octanol–water partition coefficient (Wildman–Crippen LogP) is 4.28. The van der Waals surface area contributed by atoms with Crippen molar-refractivity contribution in [3.05, 3.63) is 107 Å². The molecular formula is C32H35FN6O. The first-order chi connectivity index (χ1) is 19.5. The molecule has 3 aromatic rings. The van der Waals surface area contributed by atoms with Crippen molar-refractivity contribution in [3.8, 4) is 6.07 Å². The molecule has 0 unspecified atom stereocenters. The normalized spacial score (nSPS) is 16.9. The van der Waals surface area contributed by atoms with Gasteiger partial charge in [0.1, 0.15) is 5.82 Å². The van der Waals surface area contributed by atoms with Gasteiger partial charge in [-0.25, -0.2) is 4.39 Å². The molecule has 3 heterocycles. The van der Waals surface area contributed by atoms with Gasteiger partial charge in [0.15, 0.2) is 0 Å². The number of amides is 1. The Hall–Kier alpha value is -4.06. The highest BCUT2D eigenvalue weighted by atomic mass is 19.1. The van der Waals surface area contributed by atoms with E-state index in [1.807, 2.05) is 48.5 Å². The number of rotatable bonds is 8. The largest absolute Gasteiger partial charge is 0.368 e. The average molecular weight is 539 g/mol. The minimum Gasteiger partial charge on any atom is -0.368 e. The third-order valence-corrected chi connectivity index (χ3v) is 7.81. The fraction of sp³-hybridized carbons (Fsp3) is 0.344. The maximum Gasteiger partial charge on any atom is 0.253 e. The molecule has 206 valence electrons. The summed E-state index contributed by atoms with van der Waals surface area (Å²) in [4.78, 5) is 24.4. The molecule has 2 saturated heterocycles. The number of hydrogen-bond donors (Lipinski definition) is 1. The number of benzene rings is 2. The number of piperazine rings is 1. The van der Waals surface area contributed by atoms with Gasteiger partial charge in [0, 0.05) is 64.6 Å². The molecule has 1 amide bonds. The number of pyridine rings is 1. The number of halogens is 1. The van der Waals surface area contributed by atoms with Gasteiger partial charge in [-0.05, 0) is 60.4 Å². The fourth-order valence-corrected chi connectivity index (χ4v) is 5.33. The van der Waals surface area contributed by atoms with Gasteiger partial charge in [0.25, 0.3) is 5.91 Å². The van der Waals surface area contributed by atoms with Crippen LogP contribution in [0.2, 0.25) is 0 Å². The Kier molecular flexibility index (Phi) is 8.84. The highest BCUT2D eigenvalue weighted by molar-refractivity contribution is 5.94. The number of likely N-dealkylation sites (tertiary alicyclic amines) is 1. The standard InChI is InChI=1S/C32H35FN6O/c1-24(39-18-16-38(17-19-39)23-27-6-9-29(33)10-7-27)31-11-8-28(21-35-31)32(40)36-30-12-14-37(15-13-30)22-26-4-2-25(20-34)3-5-26/h2-11,21,30H,1,12-19,22-23H2,(H,36,40). The third kappa shape index (κ3) is 7.12. The number of hydrogen-bond acceptors (Lipinski definition) is 6. The molecule has 2 aromatic carbocycles. The van der Waals surface area contributed by atoms with Crippen LogP contribution in [0, 0.1) is 17.1 Å². The summed E-state index contributed by atoms with van der Waals surface area (Å²) in [6, 6.07) is 20.4. The molecule has 0 bridgehead atoms. The van der Waals surface area contributed by atoms with Crippen LogP contribution >= 0.6 is 0 Å². The summed E-state index contributed by atoms with van der Waals surface area (Å²) in [5.74, 6) is -0.303. The minimum absolute atomic E-state index is 0.0930. The van der Waals surface area contributed by atoms with E-state index in [9.17, 15) is 9.18 Å². The van der Waals surface area contributed by atoms with Crippen molar-refractivity contribution < 1.29 is 9.18 Å². The lowest BCUT2D eigenvalue weighted by molar-refractivity contribution is 0.0908. The van der Waals surface area contributed by atoms with Gasteiger partial charge in [-0.3, -0.25) is 19.6 Å². The molecule has 2 aliphatic heterocycles. The first-order valence-corrected chi connectivity index (χ1v) is 13.9. The molecule has 2 aliphatic rings. The Labute approximate surface area is 235 Å². The maximum atomic E-state index is 13.2. The van der Waals surface area contributed by atoms with Crippen LogP contribution in [0.5, 0.6) is 0 Å². The van der Waals surface area contributed by atoms with Crippen molar-refractivity contribution in [2.45, 2.75) is 32.0 Å². The fourth-order valence-electron chi connectivity index (χ4n) is 5.33. The number of nitrogens with zero attached hydrogens (tertiary/aromatic N) is 5. The highest BCUT2D eigenvalue weighted by Gasteiger charge is 2.22. The lowest BCUT2D eigenvalue weighted by atomic mass is 10.0. The van der Waals surface area contributed by atoms with Crippen molar-refractivity contribution in [2.24, 2.45) is 0 Å². The summed E-state index contributed by atoms with van der Waals surface area (Å²) in [6.07, 6.45) is 3.44. The summed E-state index contributed by atoms with van der Waals surface area (Å²) in [5, 5.41) is 12.1.